The summed E-state index contributed by atoms with van der Waals surface area (Å²) >= 11 is 12.4. The molecule has 0 aliphatic carbocycles. The minimum atomic E-state index is -0.899. The maximum Gasteiger partial charge on any atom is 0.237 e. The number of aliphatic hydroxyl groups excluding tert-OH is 2. The number of carbonyl (C=O) groups is 1. The second-order valence-electron chi connectivity index (χ2n) is 10.3. The molecular formula is C26H33Cl2FN2O3. The van der Waals surface area contributed by atoms with Crippen molar-refractivity contribution in [1.29, 1.82) is 0 Å². The number of carbonyl (C=O) groups excluding carboxylic acids is 1. The van der Waals surface area contributed by atoms with E-state index in [9.17, 15) is 9.90 Å². The first-order valence-corrected chi connectivity index (χ1v) is 12.2. The van der Waals surface area contributed by atoms with Crippen LogP contribution in [0.1, 0.15) is 50.7 Å². The summed E-state index contributed by atoms with van der Waals surface area (Å²) in [6, 6.07) is 11.4. The largest absolute Gasteiger partial charge is 0.394 e. The van der Waals surface area contributed by atoms with Crippen molar-refractivity contribution in [3.8, 4) is 0 Å². The van der Waals surface area contributed by atoms with Crippen LogP contribution >= 0.6 is 23.2 Å². The monoisotopic (exact) mass is 510 g/mol. The van der Waals surface area contributed by atoms with Crippen molar-refractivity contribution < 1.29 is 19.4 Å². The fourth-order valence-corrected chi connectivity index (χ4v) is 5.59. The van der Waals surface area contributed by atoms with E-state index in [-0.39, 0.29) is 30.9 Å². The molecule has 0 saturated carbocycles. The first kappa shape index (κ1) is 26.9. The molecule has 1 amide bonds. The van der Waals surface area contributed by atoms with Crippen LogP contribution in [0.15, 0.2) is 42.5 Å². The van der Waals surface area contributed by atoms with Crippen LogP contribution in [0.4, 0.5) is 4.39 Å². The van der Waals surface area contributed by atoms with E-state index >= 15 is 4.39 Å². The standard InChI is InChI=1S/C26H33Cl2FN2O3/c1-25(2,3)14-26(20-8-7-18(28)12-21(20)29)15-31-23(24(34)30-10-9-19(33)13-32)22(26)16-5-4-6-17(27)11-16/h4-8,11-12,19,22-23,31-33H,9-10,13-15H2,1-3H3,(H,30,34)/t19-,22-,23+,26-/m0/s1. The first-order valence-electron chi connectivity index (χ1n) is 11.5. The van der Waals surface area contributed by atoms with Crippen LogP contribution in [-0.2, 0) is 10.2 Å². The number of amides is 1. The summed E-state index contributed by atoms with van der Waals surface area (Å²) in [6.45, 7) is 6.52. The van der Waals surface area contributed by atoms with Crippen molar-refractivity contribution in [3.05, 3.63) is 69.5 Å². The van der Waals surface area contributed by atoms with Crippen molar-refractivity contribution in [3.63, 3.8) is 0 Å². The van der Waals surface area contributed by atoms with Gasteiger partial charge in [0.05, 0.1) is 18.8 Å². The lowest BCUT2D eigenvalue weighted by atomic mass is 9.61. The molecule has 1 aliphatic heterocycles. The molecule has 34 heavy (non-hydrogen) atoms. The van der Waals surface area contributed by atoms with E-state index in [4.69, 9.17) is 28.3 Å². The third kappa shape index (κ3) is 6.10. The Balaban J connectivity index is 2.10. The summed E-state index contributed by atoms with van der Waals surface area (Å²) in [5, 5.41) is 25.7. The van der Waals surface area contributed by atoms with Gasteiger partial charge in [-0.3, -0.25) is 4.79 Å². The molecule has 1 saturated heterocycles. The van der Waals surface area contributed by atoms with Gasteiger partial charge in [0, 0.05) is 34.5 Å². The summed E-state index contributed by atoms with van der Waals surface area (Å²) < 4.78 is 15.5. The van der Waals surface area contributed by atoms with Crippen molar-refractivity contribution in [2.75, 3.05) is 19.7 Å². The molecular weight excluding hydrogens is 478 g/mol. The summed E-state index contributed by atoms with van der Waals surface area (Å²) in [5.74, 6) is -1.07. The molecule has 186 valence electrons. The fourth-order valence-electron chi connectivity index (χ4n) is 5.23. The second kappa shape index (κ2) is 10.9. The zero-order chi connectivity index (χ0) is 25.1. The zero-order valence-corrected chi connectivity index (χ0v) is 21.3. The molecule has 4 atom stereocenters. The average Bonchev–Trinajstić information content (AvgIpc) is 3.11. The van der Waals surface area contributed by atoms with Crippen LogP contribution in [0.5, 0.6) is 0 Å². The molecule has 8 heteroatoms. The van der Waals surface area contributed by atoms with E-state index < -0.39 is 29.3 Å². The molecule has 3 rings (SSSR count). The number of rotatable bonds is 8. The number of nitrogens with one attached hydrogen (secondary N) is 2. The molecule has 5 nitrogen and oxygen atoms in total. The molecule has 1 heterocycles. The van der Waals surface area contributed by atoms with E-state index in [1.54, 1.807) is 18.2 Å². The maximum absolute atomic E-state index is 15.5. The van der Waals surface area contributed by atoms with Gasteiger partial charge in [0.1, 0.15) is 5.82 Å². The van der Waals surface area contributed by atoms with Gasteiger partial charge >= 0.3 is 0 Å². The summed E-state index contributed by atoms with van der Waals surface area (Å²) in [4.78, 5) is 13.3. The lowest BCUT2D eigenvalue weighted by Gasteiger charge is -2.41. The van der Waals surface area contributed by atoms with Gasteiger partial charge in [-0.1, -0.05) is 62.2 Å². The quantitative estimate of drug-likeness (QED) is 0.423. The Morgan fingerprint density at radius 3 is 2.56 bits per heavy atom. The highest BCUT2D eigenvalue weighted by molar-refractivity contribution is 6.30. The van der Waals surface area contributed by atoms with E-state index in [1.165, 1.54) is 6.07 Å². The molecule has 1 fully saturated rings. The van der Waals surface area contributed by atoms with Crippen LogP contribution in [0.3, 0.4) is 0 Å². The second-order valence-corrected chi connectivity index (χ2v) is 11.2. The van der Waals surface area contributed by atoms with Gasteiger partial charge in [0.2, 0.25) is 5.91 Å². The molecule has 2 aromatic rings. The molecule has 0 unspecified atom stereocenters. The lowest BCUT2D eigenvalue weighted by Crippen LogP contribution is -2.46. The number of aliphatic hydroxyl groups is 2. The lowest BCUT2D eigenvalue weighted by molar-refractivity contribution is -0.123. The van der Waals surface area contributed by atoms with Gasteiger partial charge in [-0.2, -0.15) is 0 Å². The van der Waals surface area contributed by atoms with Crippen molar-refractivity contribution >= 4 is 29.1 Å². The molecule has 1 aliphatic rings. The summed E-state index contributed by atoms with van der Waals surface area (Å²) in [7, 11) is 0. The minimum absolute atomic E-state index is 0.179. The Bertz CT molecular complexity index is 1010. The van der Waals surface area contributed by atoms with Gasteiger partial charge in [0.15, 0.2) is 0 Å². The smallest absolute Gasteiger partial charge is 0.237 e. The normalized spacial score (nSPS) is 23.6. The van der Waals surface area contributed by atoms with E-state index in [2.05, 4.69) is 31.4 Å². The van der Waals surface area contributed by atoms with Crippen molar-refractivity contribution in [2.24, 2.45) is 5.41 Å². The Kier molecular flexibility index (Phi) is 8.64. The molecule has 0 radical (unpaired) electrons. The third-order valence-corrected chi connectivity index (χ3v) is 6.83. The van der Waals surface area contributed by atoms with Gasteiger partial charge in [-0.05, 0) is 53.6 Å². The molecule has 4 N–H and O–H groups in total. The topological polar surface area (TPSA) is 81.6 Å². The summed E-state index contributed by atoms with van der Waals surface area (Å²) in [6.07, 6.45) is -0.0606. The highest BCUT2D eigenvalue weighted by atomic mass is 35.5. The van der Waals surface area contributed by atoms with Gasteiger partial charge in [-0.15, -0.1) is 0 Å². The highest BCUT2D eigenvalue weighted by Crippen LogP contribution is 2.52. The van der Waals surface area contributed by atoms with Crippen LogP contribution in [0.2, 0.25) is 10.0 Å². The molecule has 0 aromatic heterocycles. The number of hydrogen-bond acceptors (Lipinski definition) is 4. The predicted molar refractivity (Wildman–Crippen MR) is 134 cm³/mol. The Morgan fingerprint density at radius 1 is 1.24 bits per heavy atom. The van der Waals surface area contributed by atoms with Gasteiger partial charge < -0.3 is 20.8 Å². The Hall–Kier alpha value is -1.70. The minimum Gasteiger partial charge on any atom is -0.394 e. The van der Waals surface area contributed by atoms with Crippen molar-refractivity contribution in [2.45, 2.75) is 57.1 Å². The fraction of sp³-hybridized carbons (Fsp3) is 0.500. The first-order chi connectivity index (χ1) is 16.0. The highest BCUT2D eigenvalue weighted by Gasteiger charge is 2.54. The number of halogens is 3. The van der Waals surface area contributed by atoms with E-state index in [0.717, 1.165) is 5.56 Å². The Morgan fingerprint density at radius 2 is 1.94 bits per heavy atom. The van der Waals surface area contributed by atoms with Crippen LogP contribution < -0.4 is 10.6 Å². The average molecular weight is 511 g/mol. The SMILES string of the molecule is CC(C)(C)C[C@@]1(c2ccc(Cl)cc2F)CN[C@@H](C(=O)NCC[C@H](O)CO)[C@@H]1c1cccc(Cl)c1. The molecule has 2 aromatic carbocycles. The van der Waals surface area contributed by atoms with E-state index in [1.807, 2.05) is 18.2 Å². The van der Waals surface area contributed by atoms with Crippen LogP contribution in [-0.4, -0.2) is 48.0 Å². The zero-order valence-electron chi connectivity index (χ0n) is 19.7. The van der Waals surface area contributed by atoms with Crippen LogP contribution in [0, 0.1) is 11.2 Å². The third-order valence-electron chi connectivity index (χ3n) is 6.36. The summed E-state index contributed by atoms with van der Waals surface area (Å²) in [5.41, 5.74) is 0.424. The number of hydrogen-bond donors (Lipinski definition) is 4. The van der Waals surface area contributed by atoms with Gasteiger partial charge in [0.25, 0.3) is 0 Å². The van der Waals surface area contributed by atoms with Crippen LogP contribution in [0.25, 0.3) is 0 Å². The van der Waals surface area contributed by atoms with E-state index in [0.29, 0.717) is 28.6 Å². The van der Waals surface area contributed by atoms with Gasteiger partial charge in [-0.25, -0.2) is 4.39 Å². The van der Waals surface area contributed by atoms with Crippen molar-refractivity contribution in [1.82, 2.24) is 10.6 Å². The molecule has 0 bridgehead atoms. The Labute approximate surface area is 210 Å². The predicted octanol–water partition coefficient (Wildman–Crippen LogP) is 4.42. The number of benzene rings is 2. The maximum atomic E-state index is 15.5. The molecule has 0 spiro atoms.